The van der Waals surface area contributed by atoms with Crippen molar-refractivity contribution in [3.8, 4) is 11.3 Å². The quantitative estimate of drug-likeness (QED) is 0.884. The Labute approximate surface area is 99.7 Å². The molecule has 0 saturated heterocycles. The Morgan fingerprint density at radius 3 is 3.00 bits per heavy atom. The molecular weight excluding hydrogens is 219 g/mol. The first-order chi connectivity index (χ1) is 8.20. The molecule has 0 bridgehead atoms. The molecule has 3 nitrogen and oxygen atoms in total. The SMILES string of the molecule is CCNCc1ncc(-c2cc(F)ccc2C)o1. The number of hydrogen-bond acceptors (Lipinski definition) is 3. The number of aromatic nitrogens is 1. The van der Waals surface area contributed by atoms with E-state index in [0.717, 1.165) is 17.7 Å². The third-order valence-electron chi connectivity index (χ3n) is 2.54. The lowest BCUT2D eigenvalue weighted by atomic mass is 10.1. The highest BCUT2D eigenvalue weighted by Crippen LogP contribution is 2.24. The van der Waals surface area contributed by atoms with Crippen LogP contribution in [-0.2, 0) is 6.54 Å². The topological polar surface area (TPSA) is 38.1 Å². The number of rotatable bonds is 4. The average molecular weight is 234 g/mol. The Morgan fingerprint density at radius 1 is 1.41 bits per heavy atom. The summed E-state index contributed by atoms with van der Waals surface area (Å²) in [7, 11) is 0. The first kappa shape index (κ1) is 11.8. The fourth-order valence-corrected chi connectivity index (χ4v) is 1.61. The van der Waals surface area contributed by atoms with Crippen molar-refractivity contribution in [1.82, 2.24) is 10.3 Å². The fraction of sp³-hybridized carbons (Fsp3) is 0.308. The van der Waals surface area contributed by atoms with E-state index in [2.05, 4.69) is 10.3 Å². The summed E-state index contributed by atoms with van der Waals surface area (Å²) >= 11 is 0. The normalized spacial score (nSPS) is 10.8. The summed E-state index contributed by atoms with van der Waals surface area (Å²) in [5.74, 6) is 0.954. The van der Waals surface area contributed by atoms with Crippen LogP contribution in [0.15, 0.2) is 28.8 Å². The van der Waals surface area contributed by atoms with Gasteiger partial charge in [0.05, 0.1) is 12.7 Å². The first-order valence-corrected chi connectivity index (χ1v) is 5.62. The van der Waals surface area contributed by atoms with Crippen LogP contribution in [0, 0.1) is 12.7 Å². The highest BCUT2D eigenvalue weighted by molar-refractivity contribution is 5.61. The molecule has 4 heteroatoms. The summed E-state index contributed by atoms with van der Waals surface area (Å²) in [5.41, 5.74) is 1.72. The second kappa shape index (κ2) is 5.10. The van der Waals surface area contributed by atoms with E-state index in [1.807, 2.05) is 13.8 Å². The molecule has 17 heavy (non-hydrogen) atoms. The zero-order valence-electron chi connectivity index (χ0n) is 9.96. The summed E-state index contributed by atoms with van der Waals surface area (Å²) in [4.78, 5) is 4.15. The summed E-state index contributed by atoms with van der Waals surface area (Å²) in [6.07, 6.45) is 1.63. The molecule has 0 radical (unpaired) electrons. The number of aryl methyl sites for hydroxylation is 1. The molecule has 0 unspecified atom stereocenters. The van der Waals surface area contributed by atoms with Gasteiger partial charge < -0.3 is 9.73 Å². The predicted octanol–water partition coefficient (Wildman–Crippen LogP) is 2.90. The van der Waals surface area contributed by atoms with E-state index in [0.29, 0.717) is 18.2 Å². The number of nitrogens with zero attached hydrogens (tertiary/aromatic N) is 1. The zero-order chi connectivity index (χ0) is 12.3. The van der Waals surface area contributed by atoms with Gasteiger partial charge in [-0.05, 0) is 31.2 Å². The van der Waals surface area contributed by atoms with Crippen molar-refractivity contribution in [2.75, 3.05) is 6.54 Å². The molecule has 0 amide bonds. The van der Waals surface area contributed by atoms with Crippen LogP contribution in [-0.4, -0.2) is 11.5 Å². The number of nitrogens with one attached hydrogen (secondary N) is 1. The number of benzene rings is 1. The molecule has 1 aromatic heterocycles. The van der Waals surface area contributed by atoms with Crippen LogP contribution in [0.2, 0.25) is 0 Å². The van der Waals surface area contributed by atoms with E-state index in [1.165, 1.54) is 12.1 Å². The Bertz CT molecular complexity index is 508. The lowest BCUT2D eigenvalue weighted by Gasteiger charge is -2.01. The van der Waals surface area contributed by atoms with Crippen LogP contribution in [0.5, 0.6) is 0 Å². The predicted molar refractivity (Wildman–Crippen MR) is 64.0 cm³/mol. The number of hydrogen-bond donors (Lipinski definition) is 1. The van der Waals surface area contributed by atoms with Crippen LogP contribution in [0.3, 0.4) is 0 Å². The minimum absolute atomic E-state index is 0.268. The Balaban J connectivity index is 2.27. The van der Waals surface area contributed by atoms with E-state index in [1.54, 1.807) is 12.3 Å². The van der Waals surface area contributed by atoms with Gasteiger partial charge >= 0.3 is 0 Å². The van der Waals surface area contributed by atoms with Crippen LogP contribution in [0.4, 0.5) is 4.39 Å². The van der Waals surface area contributed by atoms with E-state index >= 15 is 0 Å². The Kier molecular flexibility index (Phi) is 3.54. The summed E-state index contributed by atoms with van der Waals surface area (Å²) in [6.45, 7) is 5.38. The standard InChI is InChI=1S/C13H15FN2O/c1-3-15-8-13-16-7-12(17-13)11-6-10(14)5-4-9(11)2/h4-7,15H,3,8H2,1-2H3. The number of oxazole rings is 1. The van der Waals surface area contributed by atoms with E-state index < -0.39 is 0 Å². The molecule has 0 aliphatic carbocycles. The molecule has 2 rings (SSSR count). The molecule has 2 aromatic rings. The summed E-state index contributed by atoms with van der Waals surface area (Å²) in [5, 5.41) is 3.13. The van der Waals surface area contributed by atoms with Crippen molar-refractivity contribution in [2.24, 2.45) is 0 Å². The minimum atomic E-state index is -0.268. The van der Waals surface area contributed by atoms with Gasteiger partial charge in [0.1, 0.15) is 5.82 Å². The number of halogens is 1. The molecule has 0 atom stereocenters. The second-order valence-electron chi connectivity index (χ2n) is 3.86. The molecule has 0 aliphatic heterocycles. The highest BCUT2D eigenvalue weighted by atomic mass is 19.1. The Hall–Kier alpha value is -1.68. The molecule has 90 valence electrons. The van der Waals surface area contributed by atoms with E-state index in [9.17, 15) is 4.39 Å². The van der Waals surface area contributed by atoms with Crippen LogP contribution in [0.1, 0.15) is 18.4 Å². The molecule has 0 fully saturated rings. The highest BCUT2D eigenvalue weighted by Gasteiger charge is 2.09. The maximum atomic E-state index is 13.2. The summed E-state index contributed by atoms with van der Waals surface area (Å²) < 4.78 is 18.7. The van der Waals surface area contributed by atoms with Gasteiger partial charge in [0, 0.05) is 5.56 Å². The van der Waals surface area contributed by atoms with Crippen LogP contribution in [0.25, 0.3) is 11.3 Å². The third-order valence-corrected chi connectivity index (χ3v) is 2.54. The fourth-order valence-electron chi connectivity index (χ4n) is 1.61. The maximum Gasteiger partial charge on any atom is 0.208 e. The smallest absolute Gasteiger partial charge is 0.208 e. The summed E-state index contributed by atoms with van der Waals surface area (Å²) in [6, 6.07) is 4.64. The average Bonchev–Trinajstić information content (AvgIpc) is 2.78. The van der Waals surface area contributed by atoms with Crippen molar-refractivity contribution in [2.45, 2.75) is 20.4 Å². The van der Waals surface area contributed by atoms with Gasteiger partial charge in [-0.3, -0.25) is 0 Å². The minimum Gasteiger partial charge on any atom is -0.439 e. The third kappa shape index (κ3) is 2.71. The van der Waals surface area contributed by atoms with Gasteiger partial charge in [-0.1, -0.05) is 13.0 Å². The molecule has 0 spiro atoms. The molecule has 0 saturated carbocycles. The van der Waals surface area contributed by atoms with Gasteiger partial charge in [-0.2, -0.15) is 0 Å². The monoisotopic (exact) mass is 234 g/mol. The molecule has 0 aliphatic rings. The molecular formula is C13H15FN2O. The van der Waals surface area contributed by atoms with Crippen molar-refractivity contribution in [1.29, 1.82) is 0 Å². The van der Waals surface area contributed by atoms with Crippen molar-refractivity contribution in [3.63, 3.8) is 0 Å². The van der Waals surface area contributed by atoms with Gasteiger partial charge in [0.2, 0.25) is 5.89 Å². The van der Waals surface area contributed by atoms with Crippen molar-refractivity contribution >= 4 is 0 Å². The van der Waals surface area contributed by atoms with Crippen molar-refractivity contribution in [3.05, 3.63) is 41.7 Å². The van der Waals surface area contributed by atoms with E-state index in [4.69, 9.17) is 4.42 Å². The molecule has 1 N–H and O–H groups in total. The van der Waals surface area contributed by atoms with Crippen molar-refractivity contribution < 1.29 is 8.81 Å². The molecule has 1 aromatic carbocycles. The first-order valence-electron chi connectivity index (χ1n) is 5.62. The van der Waals surface area contributed by atoms with Crippen LogP contribution >= 0.6 is 0 Å². The maximum absolute atomic E-state index is 13.2. The zero-order valence-corrected chi connectivity index (χ0v) is 9.96. The van der Waals surface area contributed by atoms with Gasteiger partial charge in [0.25, 0.3) is 0 Å². The lowest BCUT2D eigenvalue weighted by molar-refractivity contribution is 0.482. The van der Waals surface area contributed by atoms with Crippen LogP contribution < -0.4 is 5.32 Å². The van der Waals surface area contributed by atoms with Gasteiger partial charge in [0.15, 0.2) is 5.76 Å². The van der Waals surface area contributed by atoms with Gasteiger partial charge in [-0.15, -0.1) is 0 Å². The second-order valence-corrected chi connectivity index (χ2v) is 3.86. The molecule has 1 heterocycles. The van der Waals surface area contributed by atoms with E-state index in [-0.39, 0.29) is 5.82 Å². The lowest BCUT2D eigenvalue weighted by Crippen LogP contribution is -2.11. The largest absolute Gasteiger partial charge is 0.439 e. The van der Waals surface area contributed by atoms with Gasteiger partial charge in [-0.25, -0.2) is 9.37 Å². The Morgan fingerprint density at radius 2 is 2.24 bits per heavy atom.